The zero-order valence-electron chi connectivity index (χ0n) is 20.1. The maximum absolute atomic E-state index is 12.2. The molecule has 170 valence electrons. The maximum Gasteiger partial charge on any atom is 0.330 e. The highest BCUT2D eigenvalue weighted by molar-refractivity contribution is 5.94. The van der Waals surface area contributed by atoms with Gasteiger partial charge in [0.1, 0.15) is 11.7 Å². The Morgan fingerprint density at radius 3 is 2.70 bits per heavy atom. The molecule has 0 saturated heterocycles. The van der Waals surface area contributed by atoms with Gasteiger partial charge in [-0.1, -0.05) is 52.0 Å². The topological polar surface area (TPSA) is 67.9 Å². The largest absolute Gasteiger partial charge is 0.463 e. The smallest absolute Gasteiger partial charge is 0.330 e. The van der Waals surface area contributed by atoms with Gasteiger partial charge >= 0.3 is 5.97 Å². The zero-order valence-corrected chi connectivity index (χ0v) is 20.1. The van der Waals surface area contributed by atoms with Gasteiger partial charge in [0.25, 0.3) is 0 Å². The second kappa shape index (κ2) is 9.23. The Morgan fingerprint density at radius 1 is 1.27 bits per heavy atom. The van der Waals surface area contributed by atoms with Crippen LogP contribution in [-0.2, 0) is 16.0 Å². The fourth-order valence-electron chi connectivity index (χ4n) is 4.85. The Hall–Kier alpha value is -3.39. The van der Waals surface area contributed by atoms with Gasteiger partial charge in [0.05, 0.1) is 23.9 Å². The normalized spacial score (nSPS) is 15.5. The van der Waals surface area contributed by atoms with Crippen LogP contribution in [0.2, 0.25) is 0 Å². The summed E-state index contributed by atoms with van der Waals surface area (Å²) in [6.45, 7) is 10.7. The van der Waals surface area contributed by atoms with Gasteiger partial charge in [-0.15, -0.1) is 0 Å². The first-order valence-corrected chi connectivity index (χ1v) is 11.8. The molecule has 1 atom stereocenters. The molecule has 2 heterocycles. The third-order valence-electron chi connectivity index (χ3n) is 6.45. The van der Waals surface area contributed by atoms with E-state index in [0.29, 0.717) is 12.2 Å². The molecule has 1 unspecified atom stereocenters. The second-order valence-corrected chi connectivity index (χ2v) is 9.23. The summed E-state index contributed by atoms with van der Waals surface area (Å²) in [4.78, 5) is 17.3. The minimum absolute atomic E-state index is 0.0579. The Kier molecular flexibility index (Phi) is 6.37. The first kappa shape index (κ1) is 22.8. The van der Waals surface area contributed by atoms with Crippen molar-refractivity contribution >= 4 is 23.1 Å². The molecule has 2 aromatic heterocycles. The summed E-state index contributed by atoms with van der Waals surface area (Å²) in [6, 6.07) is 13.1. The van der Waals surface area contributed by atoms with Gasteiger partial charge < -0.3 is 9.30 Å². The third-order valence-corrected chi connectivity index (χ3v) is 6.45. The van der Waals surface area contributed by atoms with E-state index in [1.807, 2.05) is 0 Å². The fourth-order valence-corrected chi connectivity index (χ4v) is 4.85. The van der Waals surface area contributed by atoms with Crippen molar-refractivity contribution in [2.24, 2.45) is 0 Å². The standard InChI is InChI=1S/C28H31N3O2/c1-6-33-26(32)14-13-25-22(16-29)27-21(17(2)3)15-23(18(4)5)30-28(27)31(25)24-12-11-19-9-7-8-10-20(19)24/h7-10,13-15,17-18,24H,6,11-12H2,1-5H3/b14-13+. The fraction of sp³-hybridized carbons (Fsp3) is 0.393. The molecule has 1 aliphatic carbocycles. The number of hydrogen-bond donors (Lipinski definition) is 0. The molecule has 4 rings (SSSR count). The number of nitriles is 1. The molecule has 1 aliphatic rings. The third kappa shape index (κ3) is 4.06. The second-order valence-electron chi connectivity index (χ2n) is 9.23. The van der Waals surface area contributed by atoms with Crippen molar-refractivity contribution in [1.82, 2.24) is 9.55 Å². The number of ether oxygens (including phenoxy) is 1. The van der Waals surface area contributed by atoms with Crippen LogP contribution in [0.5, 0.6) is 0 Å². The molecule has 0 aliphatic heterocycles. The number of benzene rings is 1. The van der Waals surface area contributed by atoms with Gasteiger partial charge in [0.2, 0.25) is 0 Å². The minimum atomic E-state index is -0.412. The van der Waals surface area contributed by atoms with E-state index in [2.05, 4.69) is 68.7 Å². The van der Waals surface area contributed by atoms with Crippen LogP contribution in [-0.4, -0.2) is 22.1 Å². The van der Waals surface area contributed by atoms with Crippen LogP contribution in [0.3, 0.4) is 0 Å². The van der Waals surface area contributed by atoms with Crippen LogP contribution in [0.4, 0.5) is 0 Å². The quantitative estimate of drug-likeness (QED) is 0.334. The molecule has 0 bridgehead atoms. The number of aromatic nitrogens is 2. The van der Waals surface area contributed by atoms with Crippen LogP contribution in [0.25, 0.3) is 17.1 Å². The molecule has 0 spiro atoms. The molecular formula is C28H31N3O2. The Balaban J connectivity index is 2.08. The van der Waals surface area contributed by atoms with Gasteiger partial charge in [-0.2, -0.15) is 5.26 Å². The maximum atomic E-state index is 12.2. The molecule has 3 aromatic rings. The Bertz CT molecular complexity index is 1270. The summed E-state index contributed by atoms with van der Waals surface area (Å²) in [6.07, 6.45) is 5.07. The molecule has 0 N–H and O–H groups in total. The van der Waals surface area contributed by atoms with Crippen LogP contribution >= 0.6 is 0 Å². The molecule has 0 amide bonds. The van der Waals surface area contributed by atoms with Crippen molar-refractivity contribution in [3.63, 3.8) is 0 Å². The first-order valence-electron chi connectivity index (χ1n) is 11.8. The van der Waals surface area contributed by atoms with Gasteiger partial charge in [-0.25, -0.2) is 9.78 Å². The molecule has 1 aromatic carbocycles. The number of carbonyl (C=O) groups excluding carboxylic acids is 1. The number of pyridine rings is 1. The van der Waals surface area contributed by atoms with Crippen molar-refractivity contribution in [2.45, 2.75) is 65.3 Å². The van der Waals surface area contributed by atoms with Crippen molar-refractivity contribution in [2.75, 3.05) is 6.61 Å². The molecule has 33 heavy (non-hydrogen) atoms. The molecule has 0 fully saturated rings. The lowest BCUT2D eigenvalue weighted by molar-refractivity contribution is -0.137. The lowest BCUT2D eigenvalue weighted by atomic mass is 9.95. The lowest BCUT2D eigenvalue weighted by Gasteiger charge is -2.19. The van der Waals surface area contributed by atoms with Crippen molar-refractivity contribution in [1.29, 1.82) is 5.26 Å². The molecule has 5 nitrogen and oxygen atoms in total. The zero-order chi connectivity index (χ0) is 23.7. The van der Waals surface area contributed by atoms with Gasteiger partial charge in [0.15, 0.2) is 0 Å². The number of aryl methyl sites for hydroxylation is 1. The summed E-state index contributed by atoms with van der Waals surface area (Å²) in [5.41, 5.74) is 6.84. The number of rotatable bonds is 6. The number of esters is 1. The summed E-state index contributed by atoms with van der Waals surface area (Å²) in [7, 11) is 0. The summed E-state index contributed by atoms with van der Waals surface area (Å²) < 4.78 is 7.30. The summed E-state index contributed by atoms with van der Waals surface area (Å²) in [5, 5.41) is 11.2. The number of nitrogens with zero attached hydrogens (tertiary/aromatic N) is 3. The van der Waals surface area contributed by atoms with E-state index >= 15 is 0 Å². The predicted octanol–water partition coefficient (Wildman–Crippen LogP) is 6.27. The highest BCUT2D eigenvalue weighted by atomic mass is 16.5. The summed E-state index contributed by atoms with van der Waals surface area (Å²) in [5.74, 6) is 0.0776. The highest BCUT2D eigenvalue weighted by Gasteiger charge is 2.31. The Labute approximate surface area is 195 Å². The van der Waals surface area contributed by atoms with Crippen molar-refractivity contribution < 1.29 is 9.53 Å². The van der Waals surface area contributed by atoms with Gasteiger partial charge in [0, 0.05) is 17.2 Å². The lowest BCUT2D eigenvalue weighted by Crippen LogP contribution is -2.11. The number of fused-ring (bicyclic) bond motifs is 2. The first-order chi connectivity index (χ1) is 15.9. The van der Waals surface area contributed by atoms with E-state index in [-0.39, 0.29) is 17.9 Å². The molecular weight excluding hydrogens is 410 g/mol. The molecule has 0 saturated carbocycles. The minimum Gasteiger partial charge on any atom is -0.463 e. The van der Waals surface area contributed by atoms with Crippen LogP contribution in [0, 0.1) is 11.3 Å². The van der Waals surface area contributed by atoms with Crippen LogP contribution < -0.4 is 0 Å². The highest BCUT2D eigenvalue weighted by Crippen LogP contribution is 2.42. The van der Waals surface area contributed by atoms with E-state index in [0.717, 1.165) is 40.8 Å². The van der Waals surface area contributed by atoms with E-state index in [9.17, 15) is 10.1 Å². The van der Waals surface area contributed by atoms with E-state index in [1.165, 1.54) is 17.2 Å². The summed E-state index contributed by atoms with van der Waals surface area (Å²) >= 11 is 0. The van der Waals surface area contributed by atoms with Crippen molar-refractivity contribution in [3.05, 3.63) is 70.0 Å². The number of carbonyl (C=O) groups is 1. The molecule has 5 heteroatoms. The average Bonchev–Trinajstić information content (AvgIpc) is 3.35. The number of hydrogen-bond acceptors (Lipinski definition) is 4. The van der Waals surface area contributed by atoms with Crippen molar-refractivity contribution in [3.8, 4) is 6.07 Å². The SMILES string of the molecule is CCOC(=O)/C=C/c1c(C#N)c2c(C(C)C)cc(C(C)C)nc2n1C1CCc2ccccc21. The van der Waals surface area contributed by atoms with E-state index in [4.69, 9.17) is 9.72 Å². The Morgan fingerprint density at radius 2 is 2.03 bits per heavy atom. The van der Waals surface area contributed by atoms with E-state index in [1.54, 1.807) is 13.0 Å². The van der Waals surface area contributed by atoms with Gasteiger partial charge in [-0.3, -0.25) is 0 Å². The molecule has 0 radical (unpaired) electrons. The average molecular weight is 442 g/mol. The van der Waals surface area contributed by atoms with Crippen LogP contribution in [0.15, 0.2) is 36.4 Å². The predicted molar refractivity (Wildman–Crippen MR) is 131 cm³/mol. The monoisotopic (exact) mass is 441 g/mol. The van der Waals surface area contributed by atoms with Gasteiger partial charge in [-0.05, 0) is 60.4 Å². The van der Waals surface area contributed by atoms with Crippen LogP contribution in [0.1, 0.15) is 92.6 Å². The van der Waals surface area contributed by atoms with E-state index < -0.39 is 5.97 Å².